The average Bonchev–Trinajstić information content (AvgIpc) is 2.22. The number of rotatable bonds is 6. The standard InChI is InChI=1S/C11H21NO4/c1-6(2)9(5-13)12-10(14)7(3)8(4)11(15)16/h6-9,13H,5H2,1-4H3,(H,12,14)(H,15,16)/t7?,8?,9-/m1/s1. The molecule has 3 N–H and O–H groups in total. The van der Waals surface area contributed by atoms with Gasteiger partial charge < -0.3 is 15.5 Å². The highest BCUT2D eigenvalue weighted by atomic mass is 16.4. The molecule has 94 valence electrons. The summed E-state index contributed by atoms with van der Waals surface area (Å²) < 4.78 is 0. The quantitative estimate of drug-likeness (QED) is 0.620. The highest BCUT2D eigenvalue weighted by molar-refractivity contribution is 5.84. The Hall–Kier alpha value is -1.10. The van der Waals surface area contributed by atoms with Gasteiger partial charge >= 0.3 is 5.97 Å². The van der Waals surface area contributed by atoms with E-state index in [-0.39, 0.29) is 24.5 Å². The van der Waals surface area contributed by atoms with Crippen LogP contribution in [0.1, 0.15) is 27.7 Å². The Kier molecular flexibility index (Phi) is 6.03. The summed E-state index contributed by atoms with van der Waals surface area (Å²) >= 11 is 0. The van der Waals surface area contributed by atoms with Gasteiger partial charge in [-0.1, -0.05) is 27.7 Å². The molecule has 0 fully saturated rings. The minimum absolute atomic E-state index is 0.112. The molecule has 0 aliphatic heterocycles. The third-order valence-electron chi connectivity index (χ3n) is 2.88. The zero-order valence-electron chi connectivity index (χ0n) is 10.2. The van der Waals surface area contributed by atoms with Crippen molar-refractivity contribution in [1.82, 2.24) is 5.32 Å². The summed E-state index contributed by atoms with van der Waals surface area (Å²) in [6.45, 7) is 6.69. The van der Waals surface area contributed by atoms with Crippen LogP contribution in [0.2, 0.25) is 0 Å². The molecular weight excluding hydrogens is 210 g/mol. The van der Waals surface area contributed by atoms with Gasteiger partial charge in [0.25, 0.3) is 0 Å². The van der Waals surface area contributed by atoms with Crippen LogP contribution in [-0.2, 0) is 9.59 Å². The fourth-order valence-electron chi connectivity index (χ4n) is 1.18. The Morgan fingerprint density at radius 1 is 1.12 bits per heavy atom. The van der Waals surface area contributed by atoms with E-state index < -0.39 is 17.8 Å². The molecular formula is C11H21NO4. The van der Waals surface area contributed by atoms with Gasteiger partial charge in [-0.25, -0.2) is 0 Å². The Bertz CT molecular complexity index is 252. The summed E-state index contributed by atoms with van der Waals surface area (Å²) in [5, 5.41) is 20.5. The molecule has 16 heavy (non-hydrogen) atoms. The van der Waals surface area contributed by atoms with Crippen molar-refractivity contribution in [3.8, 4) is 0 Å². The zero-order valence-corrected chi connectivity index (χ0v) is 10.2. The first-order valence-corrected chi connectivity index (χ1v) is 5.45. The Balaban J connectivity index is 4.40. The van der Waals surface area contributed by atoms with Crippen LogP contribution >= 0.6 is 0 Å². The summed E-state index contributed by atoms with van der Waals surface area (Å²) in [7, 11) is 0. The molecule has 2 unspecified atom stereocenters. The van der Waals surface area contributed by atoms with E-state index >= 15 is 0 Å². The summed E-state index contributed by atoms with van der Waals surface area (Å²) in [5.41, 5.74) is 0. The van der Waals surface area contributed by atoms with Crippen LogP contribution in [0.3, 0.4) is 0 Å². The Morgan fingerprint density at radius 3 is 1.94 bits per heavy atom. The number of aliphatic hydroxyl groups is 1. The first-order valence-electron chi connectivity index (χ1n) is 5.45. The number of hydrogen-bond donors (Lipinski definition) is 3. The lowest BCUT2D eigenvalue weighted by atomic mass is 9.94. The first-order chi connectivity index (χ1) is 7.31. The smallest absolute Gasteiger partial charge is 0.307 e. The second-order valence-electron chi connectivity index (χ2n) is 4.46. The highest BCUT2D eigenvalue weighted by Gasteiger charge is 2.27. The molecule has 0 radical (unpaired) electrons. The lowest BCUT2D eigenvalue weighted by molar-refractivity contribution is -0.146. The molecule has 0 bridgehead atoms. The van der Waals surface area contributed by atoms with Crippen molar-refractivity contribution in [3.63, 3.8) is 0 Å². The predicted octanol–water partition coefficient (Wildman–Crippen LogP) is 0.476. The fraction of sp³-hybridized carbons (Fsp3) is 0.818. The van der Waals surface area contributed by atoms with Crippen molar-refractivity contribution in [2.45, 2.75) is 33.7 Å². The van der Waals surface area contributed by atoms with Crippen molar-refractivity contribution in [2.24, 2.45) is 17.8 Å². The molecule has 0 rings (SSSR count). The van der Waals surface area contributed by atoms with Crippen molar-refractivity contribution in [3.05, 3.63) is 0 Å². The first kappa shape index (κ1) is 14.9. The van der Waals surface area contributed by atoms with Gasteiger partial charge in [-0.2, -0.15) is 0 Å². The molecule has 5 heteroatoms. The van der Waals surface area contributed by atoms with Gasteiger partial charge in [0, 0.05) is 5.92 Å². The molecule has 1 amide bonds. The maximum atomic E-state index is 11.7. The van der Waals surface area contributed by atoms with Crippen LogP contribution in [0.25, 0.3) is 0 Å². The van der Waals surface area contributed by atoms with Gasteiger partial charge in [0.1, 0.15) is 0 Å². The minimum Gasteiger partial charge on any atom is -0.481 e. The number of hydrogen-bond acceptors (Lipinski definition) is 3. The van der Waals surface area contributed by atoms with Crippen molar-refractivity contribution in [2.75, 3.05) is 6.61 Å². The van der Waals surface area contributed by atoms with E-state index in [0.29, 0.717) is 0 Å². The number of carboxylic acid groups (broad SMARTS) is 1. The topological polar surface area (TPSA) is 86.6 Å². The molecule has 0 spiro atoms. The van der Waals surface area contributed by atoms with Gasteiger partial charge in [-0.3, -0.25) is 9.59 Å². The monoisotopic (exact) mass is 231 g/mol. The van der Waals surface area contributed by atoms with Crippen molar-refractivity contribution < 1.29 is 19.8 Å². The van der Waals surface area contributed by atoms with E-state index in [1.165, 1.54) is 6.92 Å². The number of amides is 1. The van der Waals surface area contributed by atoms with Crippen LogP contribution in [0.4, 0.5) is 0 Å². The third-order valence-corrected chi connectivity index (χ3v) is 2.88. The highest BCUT2D eigenvalue weighted by Crippen LogP contribution is 2.12. The summed E-state index contributed by atoms with van der Waals surface area (Å²) in [4.78, 5) is 22.4. The van der Waals surface area contributed by atoms with E-state index in [4.69, 9.17) is 10.2 Å². The molecule has 0 heterocycles. The van der Waals surface area contributed by atoms with Crippen LogP contribution in [0.15, 0.2) is 0 Å². The lowest BCUT2D eigenvalue weighted by Gasteiger charge is -2.23. The maximum absolute atomic E-state index is 11.7. The largest absolute Gasteiger partial charge is 0.481 e. The molecule has 3 atom stereocenters. The fourth-order valence-corrected chi connectivity index (χ4v) is 1.18. The van der Waals surface area contributed by atoms with Gasteiger partial charge in [-0.15, -0.1) is 0 Å². The van der Waals surface area contributed by atoms with Gasteiger partial charge in [0.05, 0.1) is 18.6 Å². The second-order valence-corrected chi connectivity index (χ2v) is 4.46. The van der Waals surface area contributed by atoms with Gasteiger partial charge in [0.15, 0.2) is 0 Å². The minimum atomic E-state index is -0.993. The molecule has 0 saturated heterocycles. The van der Waals surface area contributed by atoms with Crippen LogP contribution in [-0.4, -0.2) is 34.7 Å². The molecule has 0 aromatic rings. The summed E-state index contributed by atoms with van der Waals surface area (Å²) in [5.74, 6) is -2.55. The summed E-state index contributed by atoms with van der Waals surface area (Å²) in [6, 6.07) is -0.323. The maximum Gasteiger partial charge on any atom is 0.307 e. The third kappa shape index (κ3) is 4.18. The van der Waals surface area contributed by atoms with Crippen molar-refractivity contribution in [1.29, 1.82) is 0 Å². The van der Waals surface area contributed by atoms with Crippen LogP contribution in [0.5, 0.6) is 0 Å². The molecule has 5 nitrogen and oxygen atoms in total. The average molecular weight is 231 g/mol. The number of carbonyl (C=O) groups is 2. The van der Waals surface area contributed by atoms with Gasteiger partial charge in [0.2, 0.25) is 5.91 Å². The summed E-state index contributed by atoms with van der Waals surface area (Å²) in [6.07, 6.45) is 0. The normalized spacial score (nSPS) is 16.6. The van der Waals surface area contributed by atoms with E-state index in [1.54, 1.807) is 6.92 Å². The number of carbonyl (C=O) groups excluding carboxylic acids is 1. The number of nitrogens with one attached hydrogen (secondary N) is 1. The molecule has 0 aliphatic carbocycles. The number of carboxylic acids is 1. The van der Waals surface area contributed by atoms with E-state index in [2.05, 4.69) is 5.32 Å². The zero-order chi connectivity index (χ0) is 12.9. The van der Waals surface area contributed by atoms with Crippen molar-refractivity contribution >= 4 is 11.9 Å². The molecule has 0 aromatic carbocycles. The Morgan fingerprint density at radius 2 is 1.62 bits per heavy atom. The van der Waals surface area contributed by atoms with Crippen LogP contribution in [0, 0.1) is 17.8 Å². The SMILES string of the molecule is CC(C(=O)O)C(C)C(=O)N[C@H](CO)C(C)C. The number of aliphatic hydroxyl groups excluding tert-OH is 1. The number of aliphatic carboxylic acids is 1. The Labute approximate surface area is 95.9 Å². The lowest BCUT2D eigenvalue weighted by Crippen LogP contribution is -2.45. The molecule has 0 saturated carbocycles. The van der Waals surface area contributed by atoms with Crippen LogP contribution < -0.4 is 5.32 Å². The predicted molar refractivity (Wildman–Crippen MR) is 59.8 cm³/mol. The van der Waals surface area contributed by atoms with E-state index in [0.717, 1.165) is 0 Å². The molecule has 0 aliphatic rings. The second kappa shape index (κ2) is 6.48. The molecule has 0 aromatic heterocycles. The van der Waals surface area contributed by atoms with Gasteiger partial charge in [-0.05, 0) is 5.92 Å². The van der Waals surface area contributed by atoms with E-state index in [9.17, 15) is 9.59 Å². The van der Waals surface area contributed by atoms with E-state index in [1.807, 2.05) is 13.8 Å².